The van der Waals surface area contributed by atoms with Crippen LogP contribution in [0.2, 0.25) is 0 Å². The Labute approximate surface area is 149 Å². The van der Waals surface area contributed by atoms with Gasteiger partial charge < -0.3 is 20.0 Å². The first-order valence-electron chi connectivity index (χ1n) is 7.51. The van der Waals surface area contributed by atoms with Crippen molar-refractivity contribution in [3.8, 4) is 0 Å². The molecule has 2 aliphatic heterocycles. The standard InChI is InChI=1S/C16H18N2O4S2/c1-7(19)12-11-4-8(13(16(21)22)18(11)14(12)20)9-5-24-6-10(9)15(23)17(2)3/h5-7,11-12,19H,4H2,1-3H3,(H,21,22). The molecule has 128 valence electrons. The van der Waals surface area contributed by atoms with Crippen LogP contribution in [0.25, 0.3) is 5.57 Å². The van der Waals surface area contributed by atoms with E-state index < -0.39 is 18.0 Å². The summed E-state index contributed by atoms with van der Waals surface area (Å²) in [5.74, 6) is -1.99. The summed E-state index contributed by atoms with van der Waals surface area (Å²) in [5, 5.41) is 23.2. The number of amides is 1. The van der Waals surface area contributed by atoms with Crippen LogP contribution in [0.1, 0.15) is 24.5 Å². The number of nitrogens with zero attached hydrogens (tertiary/aromatic N) is 2. The van der Waals surface area contributed by atoms with Gasteiger partial charge in [-0.1, -0.05) is 12.2 Å². The Morgan fingerprint density at radius 1 is 1.46 bits per heavy atom. The topological polar surface area (TPSA) is 81.1 Å². The molecule has 1 aromatic rings. The first-order valence-corrected chi connectivity index (χ1v) is 8.86. The number of β-lactam (4-membered cyclic amide) rings is 1. The first-order chi connectivity index (χ1) is 11.3. The van der Waals surface area contributed by atoms with Crippen LogP contribution in [0.3, 0.4) is 0 Å². The van der Waals surface area contributed by atoms with Gasteiger partial charge in [0.1, 0.15) is 10.7 Å². The third kappa shape index (κ3) is 2.37. The SMILES string of the molecule is CC(O)C1C(=O)N2C(C(=O)O)=C(c3cscc3C(=S)N(C)C)CC12. The molecule has 1 aromatic heterocycles. The minimum Gasteiger partial charge on any atom is -0.477 e. The van der Waals surface area contributed by atoms with Gasteiger partial charge in [0.2, 0.25) is 5.91 Å². The largest absolute Gasteiger partial charge is 0.477 e. The van der Waals surface area contributed by atoms with Gasteiger partial charge in [-0.3, -0.25) is 4.79 Å². The van der Waals surface area contributed by atoms with Gasteiger partial charge in [-0.2, -0.15) is 11.3 Å². The molecular weight excluding hydrogens is 348 g/mol. The highest BCUT2D eigenvalue weighted by Gasteiger charge is 2.57. The van der Waals surface area contributed by atoms with Crippen molar-refractivity contribution < 1.29 is 19.8 Å². The molecule has 0 aromatic carbocycles. The number of aliphatic carboxylic acids is 1. The van der Waals surface area contributed by atoms with Gasteiger partial charge in [-0.05, 0) is 24.3 Å². The molecule has 1 saturated heterocycles. The normalized spacial score (nSPS) is 23.8. The van der Waals surface area contributed by atoms with Crippen molar-refractivity contribution in [2.24, 2.45) is 5.92 Å². The van der Waals surface area contributed by atoms with E-state index in [1.807, 2.05) is 24.9 Å². The zero-order chi connectivity index (χ0) is 17.8. The Morgan fingerprint density at radius 2 is 2.12 bits per heavy atom. The second-order valence-corrected chi connectivity index (χ2v) is 7.41. The van der Waals surface area contributed by atoms with Crippen molar-refractivity contribution in [3.63, 3.8) is 0 Å². The van der Waals surface area contributed by atoms with Crippen molar-refractivity contribution in [1.82, 2.24) is 9.80 Å². The summed E-state index contributed by atoms with van der Waals surface area (Å²) in [6.07, 6.45) is -0.374. The zero-order valence-electron chi connectivity index (χ0n) is 13.5. The number of carboxylic acids is 1. The second-order valence-electron chi connectivity index (χ2n) is 6.28. The summed E-state index contributed by atoms with van der Waals surface area (Å²) in [7, 11) is 3.68. The molecule has 24 heavy (non-hydrogen) atoms. The molecule has 0 spiro atoms. The third-order valence-electron chi connectivity index (χ3n) is 4.55. The number of aliphatic hydroxyl groups excluding tert-OH is 1. The van der Waals surface area contributed by atoms with Gasteiger partial charge in [0, 0.05) is 30.6 Å². The van der Waals surface area contributed by atoms with Crippen molar-refractivity contribution in [3.05, 3.63) is 27.6 Å². The Bertz CT molecular complexity index is 766. The molecule has 1 amide bonds. The van der Waals surface area contributed by atoms with Gasteiger partial charge in [-0.25, -0.2) is 4.79 Å². The van der Waals surface area contributed by atoms with Gasteiger partial charge >= 0.3 is 5.97 Å². The molecule has 0 saturated carbocycles. The summed E-state index contributed by atoms with van der Waals surface area (Å²) in [5.41, 5.74) is 2.20. The fourth-order valence-electron chi connectivity index (χ4n) is 3.45. The average molecular weight is 366 g/mol. The number of hydrogen-bond donors (Lipinski definition) is 2. The predicted molar refractivity (Wildman–Crippen MR) is 94.7 cm³/mol. The average Bonchev–Trinajstić information content (AvgIpc) is 3.07. The Kier molecular flexibility index (Phi) is 4.23. The Hall–Kier alpha value is -1.77. The van der Waals surface area contributed by atoms with Crippen LogP contribution in [0.5, 0.6) is 0 Å². The zero-order valence-corrected chi connectivity index (χ0v) is 15.1. The number of rotatable bonds is 4. The summed E-state index contributed by atoms with van der Waals surface area (Å²) >= 11 is 6.88. The van der Waals surface area contributed by atoms with Crippen molar-refractivity contribution >= 4 is 46.0 Å². The van der Waals surface area contributed by atoms with Gasteiger partial charge in [0.25, 0.3) is 0 Å². The lowest BCUT2D eigenvalue weighted by molar-refractivity contribution is -0.161. The molecule has 8 heteroatoms. The molecule has 2 N–H and O–H groups in total. The Balaban J connectivity index is 2.06. The number of thiophene rings is 1. The van der Waals surface area contributed by atoms with E-state index in [0.29, 0.717) is 17.0 Å². The highest BCUT2D eigenvalue weighted by Crippen LogP contribution is 2.48. The summed E-state index contributed by atoms with van der Waals surface area (Å²) < 4.78 is 0. The number of hydrogen-bond acceptors (Lipinski definition) is 5. The van der Waals surface area contributed by atoms with E-state index in [0.717, 1.165) is 11.1 Å². The number of carbonyl (C=O) groups excluding carboxylic acids is 1. The fourth-order valence-corrected chi connectivity index (χ4v) is 4.54. The maximum absolute atomic E-state index is 12.3. The number of thiocarbonyl (C=S) groups is 1. The number of fused-ring (bicyclic) bond motifs is 1. The van der Waals surface area contributed by atoms with Crippen LogP contribution in [0.4, 0.5) is 0 Å². The molecule has 0 radical (unpaired) electrons. The predicted octanol–water partition coefficient (Wildman–Crippen LogP) is 1.39. The van der Waals surface area contributed by atoms with E-state index in [9.17, 15) is 19.8 Å². The smallest absolute Gasteiger partial charge is 0.352 e. The minimum atomic E-state index is -1.13. The first kappa shape index (κ1) is 17.1. The van der Waals surface area contributed by atoms with Crippen LogP contribution in [0, 0.1) is 5.92 Å². The molecule has 3 rings (SSSR count). The third-order valence-corrected chi connectivity index (χ3v) is 5.88. The maximum atomic E-state index is 12.3. The number of carboxylic acid groups (broad SMARTS) is 1. The van der Waals surface area contributed by atoms with Crippen LogP contribution < -0.4 is 0 Å². The fraction of sp³-hybridized carbons (Fsp3) is 0.438. The van der Waals surface area contributed by atoms with Crippen LogP contribution in [-0.4, -0.2) is 63.1 Å². The van der Waals surface area contributed by atoms with E-state index >= 15 is 0 Å². The summed E-state index contributed by atoms with van der Waals surface area (Å²) in [6.45, 7) is 1.57. The van der Waals surface area contributed by atoms with E-state index in [1.54, 1.807) is 11.8 Å². The molecule has 0 bridgehead atoms. The molecule has 6 nitrogen and oxygen atoms in total. The highest BCUT2D eigenvalue weighted by molar-refractivity contribution is 7.80. The van der Waals surface area contributed by atoms with E-state index in [-0.39, 0.29) is 17.6 Å². The Morgan fingerprint density at radius 3 is 2.67 bits per heavy atom. The van der Waals surface area contributed by atoms with Gasteiger partial charge in [0.15, 0.2) is 0 Å². The molecular formula is C16H18N2O4S2. The number of carbonyl (C=O) groups is 2. The summed E-state index contributed by atoms with van der Waals surface area (Å²) in [6, 6.07) is -0.292. The monoisotopic (exact) mass is 366 g/mol. The maximum Gasteiger partial charge on any atom is 0.352 e. The lowest BCUT2D eigenvalue weighted by Crippen LogP contribution is -2.61. The second kappa shape index (κ2) is 5.94. The van der Waals surface area contributed by atoms with Crippen molar-refractivity contribution in [2.45, 2.75) is 25.5 Å². The van der Waals surface area contributed by atoms with Gasteiger partial charge in [-0.15, -0.1) is 0 Å². The van der Waals surface area contributed by atoms with Crippen molar-refractivity contribution in [1.29, 1.82) is 0 Å². The minimum absolute atomic E-state index is 0.0168. The molecule has 0 aliphatic carbocycles. The van der Waals surface area contributed by atoms with E-state index in [1.165, 1.54) is 16.2 Å². The molecule has 1 fully saturated rings. The van der Waals surface area contributed by atoms with E-state index in [2.05, 4.69) is 0 Å². The molecule has 3 heterocycles. The quantitative estimate of drug-likeness (QED) is 0.619. The molecule has 2 aliphatic rings. The van der Waals surface area contributed by atoms with Gasteiger partial charge in [0.05, 0.1) is 18.1 Å². The van der Waals surface area contributed by atoms with Crippen LogP contribution in [0.15, 0.2) is 16.5 Å². The highest BCUT2D eigenvalue weighted by atomic mass is 32.1. The van der Waals surface area contributed by atoms with Crippen molar-refractivity contribution in [2.75, 3.05) is 14.1 Å². The molecule has 3 atom stereocenters. The van der Waals surface area contributed by atoms with Crippen LogP contribution >= 0.6 is 23.6 Å². The number of aliphatic hydroxyl groups is 1. The van der Waals surface area contributed by atoms with E-state index in [4.69, 9.17) is 12.2 Å². The molecule has 3 unspecified atom stereocenters. The lowest BCUT2D eigenvalue weighted by Gasteiger charge is -2.44. The van der Waals surface area contributed by atoms with Crippen LogP contribution in [-0.2, 0) is 9.59 Å². The lowest BCUT2D eigenvalue weighted by atomic mass is 9.82. The summed E-state index contributed by atoms with van der Waals surface area (Å²) in [4.78, 5) is 27.8.